The third-order valence-electron chi connectivity index (χ3n) is 4.07. The smallest absolute Gasteiger partial charge is 0.303 e. The maximum atomic E-state index is 11.6. The predicted molar refractivity (Wildman–Crippen MR) is 85.4 cm³/mol. The molecule has 1 aromatic carbocycles. The fourth-order valence-electron chi connectivity index (χ4n) is 3.03. The minimum Gasteiger partial charge on any atom is -0.457 e. The lowest BCUT2D eigenvalue weighted by molar-refractivity contribution is -0.154. The molecule has 1 aromatic heterocycles. The number of hydrogen-bond donors (Lipinski definition) is 1. The molecule has 2 atom stereocenters. The molecule has 2 aromatic rings. The summed E-state index contributed by atoms with van der Waals surface area (Å²) in [6, 6.07) is 12.4. The lowest BCUT2D eigenvalue weighted by Gasteiger charge is -2.45. The Bertz CT molecular complexity index is 649. The topological polar surface area (TPSA) is 38.3 Å². The number of carbonyl (C=O) groups is 1. The van der Waals surface area contributed by atoms with Gasteiger partial charge in [0, 0.05) is 28.5 Å². The number of rotatable bonds is 2. The highest BCUT2D eigenvalue weighted by Gasteiger charge is 2.46. The van der Waals surface area contributed by atoms with Gasteiger partial charge in [0.05, 0.1) is 6.04 Å². The Morgan fingerprint density at radius 1 is 1.24 bits per heavy atom. The van der Waals surface area contributed by atoms with Crippen LogP contribution in [0, 0.1) is 5.41 Å². The van der Waals surface area contributed by atoms with Crippen LogP contribution in [0.2, 0.25) is 0 Å². The molecule has 0 amide bonds. The summed E-state index contributed by atoms with van der Waals surface area (Å²) < 4.78 is 5.69. The van der Waals surface area contributed by atoms with Crippen molar-refractivity contribution >= 4 is 23.0 Å². The van der Waals surface area contributed by atoms with E-state index < -0.39 is 0 Å². The first-order chi connectivity index (χ1) is 10.00. The van der Waals surface area contributed by atoms with Crippen molar-refractivity contribution < 1.29 is 9.53 Å². The minimum atomic E-state index is -0.250. The van der Waals surface area contributed by atoms with Crippen LogP contribution in [0.25, 0.3) is 0 Å². The second kappa shape index (κ2) is 5.19. The molecule has 3 nitrogen and oxygen atoms in total. The van der Waals surface area contributed by atoms with E-state index in [2.05, 4.69) is 36.7 Å². The molecule has 0 unspecified atom stereocenters. The molecule has 0 aliphatic carbocycles. The van der Waals surface area contributed by atoms with Crippen LogP contribution in [0.4, 0.5) is 5.69 Å². The molecule has 1 aliphatic rings. The molecule has 1 aliphatic heterocycles. The summed E-state index contributed by atoms with van der Waals surface area (Å²) >= 11 is 1.72. The number of para-hydroxylation sites is 1. The Labute approximate surface area is 129 Å². The van der Waals surface area contributed by atoms with E-state index in [1.54, 1.807) is 11.3 Å². The van der Waals surface area contributed by atoms with E-state index in [0.29, 0.717) is 0 Å². The Kier molecular flexibility index (Phi) is 3.49. The Balaban J connectivity index is 2.10. The first-order valence-electron chi connectivity index (χ1n) is 7.06. The van der Waals surface area contributed by atoms with E-state index in [1.807, 2.05) is 24.3 Å². The fourth-order valence-corrected chi connectivity index (χ4v) is 4.00. The molecule has 1 N–H and O–H groups in total. The maximum Gasteiger partial charge on any atom is 0.303 e. The standard InChI is InChI=1S/C17H19NO2S/c1-11(19)20-16-12-7-4-5-8-13(12)18-15(17(16,2)3)14-9-6-10-21-14/h4-10,15-16,18H,1-3H3/t15-,16-/m1/s1. The van der Waals surface area contributed by atoms with E-state index >= 15 is 0 Å². The quantitative estimate of drug-likeness (QED) is 0.827. The largest absolute Gasteiger partial charge is 0.457 e. The van der Waals surface area contributed by atoms with Gasteiger partial charge in [0.25, 0.3) is 0 Å². The summed E-state index contributed by atoms with van der Waals surface area (Å²) in [4.78, 5) is 12.8. The molecule has 0 bridgehead atoms. The summed E-state index contributed by atoms with van der Waals surface area (Å²) in [6.07, 6.45) is -0.250. The van der Waals surface area contributed by atoms with Crippen molar-refractivity contribution in [2.45, 2.75) is 32.9 Å². The van der Waals surface area contributed by atoms with Crippen LogP contribution in [0.1, 0.15) is 43.4 Å². The van der Waals surface area contributed by atoms with Crippen molar-refractivity contribution in [2.24, 2.45) is 5.41 Å². The second-order valence-electron chi connectivity index (χ2n) is 5.99. The maximum absolute atomic E-state index is 11.6. The van der Waals surface area contributed by atoms with Gasteiger partial charge in [-0.2, -0.15) is 0 Å². The molecular weight excluding hydrogens is 282 g/mol. The normalized spacial score (nSPS) is 23.0. The Morgan fingerprint density at radius 3 is 2.67 bits per heavy atom. The number of hydrogen-bond acceptors (Lipinski definition) is 4. The van der Waals surface area contributed by atoms with Gasteiger partial charge in [-0.25, -0.2) is 0 Å². The second-order valence-corrected chi connectivity index (χ2v) is 6.97. The lowest BCUT2D eigenvalue weighted by atomic mass is 9.72. The van der Waals surface area contributed by atoms with Crippen LogP contribution < -0.4 is 5.32 Å². The summed E-state index contributed by atoms with van der Waals surface area (Å²) in [5.41, 5.74) is 1.86. The highest BCUT2D eigenvalue weighted by molar-refractivity contribution is 7.10. The number of esters is 1. The molecule has 21 heavy (non-hydrogen) atoms. The molecule has 0 radical (unpaired) electrons. The number of anilines is 1. The number of nitrogens with one attached hydrogen (secondary N) is 1. The van der Waals surface area contributed by atoms with Crippen molar-refractivity contribution in [3.8, 4) is 0 Å². The third kappa shape index (κ3) is 2.44. The van der Waals surface area contributed by atoms with E-state index in [0.717, 1.165) is 11.3 Å². The van der Waals surface area contributed by atoms with Crippen LogP contribution in [0.5, 0.6) is 0 Å². The first kappa shape index (κ1) is 14.1. The van der Waals surface area contributed by atoms with Crippen molar-refractivity contribution in [2.75, 3.05) is 5.32 Å². The van der Waals surface area contributed by atoms with Crippen LogP contribution >= 0.6 is 11.3 Å². The molecular formula is C17H19NO2S. The van der Waals surface area contributed by atoms with E-state index in [-0.39, 0.29) is 23.5 Å². The molecule has 2 heterocycles. The van der Waals surface area contributed by atoms with Crippen LogP contribution in [-0.2, 0) is 9.53 Å². The molecule has 0 saturated carbocycles. The lowest BCUT2D eigenvalue weighted by Crippen LogP contribution is -2.40. The average Bonchev–Trinajstić information content (AvgIpc) is 2.95. The zero-order valence-corrected chi connectivity index (χ0v) is 13.2. The van der Waals surface area contributed by atoms with Crippen molar-refractivity contribution in [3.63, 3.8) is 0 Å². The van der Waals surface area contributed by atoms with Crippen LogP contribution in [0.15, 0.2) is 41.8 Å². The SMILES string of the molecule is CC(=O)O[C@@H]1c2ccccc2N[C@H](c2cccs2)C1(C)C. The van der Waals surface area contributed by atoms with Crippen molar-refractivity contribution in [1.29, 1.82) is 0 Å². The van der Waals surface area contributed by atoms with Crippen LogP contribution in [-0.4, -0.2) is 5.97 Å². The highest BCUT2D eigenvalue weighted by atomic mass is 32.1. The number of benzene rings is 1. The molecule has 0 fully saturated rings. The number of carbonyl (C=O) groups excluding carboxylic acids is 1. The van der Waals surface area contributed by atoms with E-state index in [9.17, 15) is 4.79 Å². The van der Waals surface area contributed by atoms with Crippen molar-refractivity contribution in [3.05, 3.63) is 52.2 Å². The van der Waals surface area contributed by atoms with Gasteiger partial charge in [0.1, 0.15) is 6.10 Å². The number of fused-ring (bicyclic) bond motifs is 1. The molecule has 4 heteroatoms. The van der Waals surface area contributed by atoms with Gasteiger partial charge in [-0.15, -0.1) is 11.3 Å². The van der Waals surface area contributed by atoms with E-state index in [4.69, 9.17) is 4.74 Å². The van der Waals surface area contributed by atoms with Gasteiger partial charge in [-0.05, 0) is 17.5 Å². The zero-order valence-electron chi connectivity index (χ0n) is 12.4. The summed E-state index contributed by atoms with van der Waals surface area (Å²) in [5, 5.41) is 5.69. The minimum absolute atomic E-state index is 0.122. The number of ether oxygens (including phenoxy) is 1. The van der Waals surface area contributed by atoms with Crippen molar-refractivity contribution in [1.82, 2.24) is 0 Å². The van der Waals surface area contributed by atoms with E-state index in [1.165, 1.54) is 11.8 Å². The van der Waals surface area contributed by atoms with Gasteiger partial charge in [0.2, 0.25) is 0 Å². The van der Waals surface area contributed by atoms with Gasteiger partial charge in [-0.3, -0.25) is 4.79 Å². The summed E-state index contributed by atoms with van der Waals surface area (Å²) in [7, 11) is 0. The van der Waals surface area contributed by atoms with Gasteiger partial charge in [-0.1, -0.05) is 38.1 Å². The molecule has 0 saturated heterocycles. The number of thiophene rings is 1. The third-order valence-corrected chi connectivity index (χ3v) is 5.01. The van der Waals surface area contributed by atoms with Gasteiger partial charge >= 0.3 is 5.97 Å². The molecule has 0 spiro atoms. The molecule has 110 valence electrons. The highest BCUT2D eigenvalue weighted by Crippen LogP contribution is 2.53. The predicted octanol–water partition coefficient (Wildman–Crippen LogP) is 4.55. The fraction of sp³-hybridized carbons (Fsp3) is 0.353. The zero-order chi connectivity index (χ0) is 15.0. The summed E-state index contributed by atoms with van der Waals surface area (Å²) in [6.45, 7) is 5.77. The van der Waals surface area contributed by atoms with Gasteiger partial charge in [0.15, 0.2) is 0 Å². The molecule has 3 rings (SSSR count). The Morgan fingerprint density at radius 2 is 2.00 bits per heavy atom. The first-order valence-corrected chi connectivity index (χ1v) is 7.94. The van der Waals surface area contributed by atoms with Gasteiger partial charge < -0.3 is 10.1 Å². The Hall–Kier alpha value is -1.81. The summed E-state index contributed by atoms with van der Waals surface area (Å²) in [5.74, 6) is -0.241. The van der Waals surface area contributed by atoms with Crippen LogP contribution in [0.3, 0.4) is 0 Å². The average molecular weight is 301 g/mol. The monoisotopic (exact) mass is 301 g/mol.